The number of nitrogens with zero attached hydrogens (tertiary/aromatic N) is 3. The fourth-order valence-corrected chi connectivity index (χ4v) is 2.80. The Kier molecular flexibility index (Phi) is 3.80. The van der Waals surface area contributed by atoms with Crippen LogP contribution in [0, 0.1) is 0 Å². The van der Waals surface area contributed by atoms with Crippen molar-refractivity contribution in [2.45, 2.75) is 6.61 Å². The normalized spacial score (nSPS) is 10.9. The first kappa shape index (κ1) is 15.2. The second-order valence-corrected chi connectivity index (χ2v) is 5.60. The minimum Gasteiger partial charge on any atom is -0.508 e. The van der Waals surface area contributed by atoms with Gasteiger partial charge in [-0.2, -0.15) is 0 Å². The van der Waals surface area contributed by atoms with Gasteiger partial charge in [-0.1, -0.05) is 24.3 Å². The monoisotopic (exact) mass is 332 g/mol. The number of hydrogen-bond donors (Lipinski definition) is 3. The lowest BCUT2D eigenvalue weighted by Gasteiger charge is -2.09. The summed E-state index contributed by atoms with van der Waals surface area (Å²) in [6.45, 7) is -0.0346. The van der Waals surface area contributed by atoms with E-state index in [4.69, 9.17) is 0 Å². The predicted octanol–water partition coefficient (Wildman–Crippen LogP) is 3.34. The molecule has 4 aromatic rings. The van der Waals surface area contributed by atoms with Crippen LogP contribution in [-0.4, -0.2) is 24.6 Å². The minimum absolute atomic E-state index is 0.0346. The number of aliphatic hydroxyl groups excluding tert-OH is 1. The van der Waals surface area contributed by atoms with Crippen molar-refractivity contribution in [1.82, 2.24) is 14.4 Å². The minimum atomic E-state index is -0.0346. The lowest BCUT2D eigenvalue weighted by molar-refractivity contribution is 0.282. The van der Waals surface area contributed by atoms with Crippen LogP contribution in [-0.2, 0) is 6.61 Å². The summed E-state index contributed by atoms with van der Waals surface area (Å²) < 4.78 is 1.93. The van der Waals surface area contributed by atoms with Crippen LogP contribution in [0.2, 0.25) is 0 Å². The molecule has 2 heterocycles. The number of aliphatic hydroxyl groups is 1. The number of phenols is 1. The van der Waals surface area contributed by atoms with Crippen LogP contribution in [0.15, 0.2) is 67.1 Å². The summed E-state index contributed by atoms with van der Waals surface area (Å²) in [5.41, 5.74) is 4.14. The molecule has 0 spiro atoms. The van der Waals surface area contributed by atoms with Gasteiger partial charge in [-0.05, 0) is 29.8 Å². The number of hydrogen-bond acceptors (Lipinski definition) is 5. The van der Waals surface area contributed by atoms with Crippen LogP contribution in [0.4, 0.5) is 11.5 Å². The topological polar surface area (TPSA) is 82.7 Å². The molecule has 0 fully saturated rings. The molecule has 0 saturated carbocycles. The second kappa shape index (κ2) is 6.26. The van der Waals surface area contributed by atoms with Gasteiger partial charge >= 0.3 is 0 Å². The Morgan fingerprint density at radius 1 is 1.00 bits per heavy atom. The van der Waals surface area contributed by atoms with Gasteiger partial charge in [0.25, 0.3) is 0 Å². The zero-order valence-corrected chi connectivity index (χ0v) is 13.3. The fraction of sp³-hybridized carbons (Fsp3) is 0.0526. The molecule has 25 heavy (non-hydrogen) atoms. The molecular formula is C19H16N4O2. The quantitative estimate of drug-likeness (QED) is 0.499. The van der Waals surface area contributed by atoms with Crippen molar-refractivity contribution in [2.75, 3.05) is 5.32 Å². The van der Waals surface area contributed by atoms with E-state index in [-0.39, 0.29) is 12.4 Å². The SMILES string of the molecule is OCc1ccccc1-c1cnc2c(Nc3ccc(O)cc3)nccn12. The van der Waals surface area contributed by atoms with E-state index in [1.807, 2.05) is 34.9 Å². The second-order valence-electron chi connectivity index (χ2n) is 5.60. The highest BCUT2D eigenvalue weighted by atomic mass is 16.3. The number of imidazole rings is 1. The molecule has 6 nitrogen and oxygen atoms in total. The number of nitrogens with one attached hydrogen (secondary N) is 1. The summed E-state index contributed by atoms with van der Waals surface area (Å²) >= 11 is 0. The molecule has 0 radical (unpaired) electrons. The molecule has 0 unspecified atom stereocenters. The number of aromatic hydroxyl groups is 1. The molecule has 0 aliphatic heterocycles. The number of rotatable bonds is 4. The number of fused-ring (bicyclic) bond motifs is 1. The fourth-order valence-electron chi connectivity index (χ4n) is 2.80. The van der Waals surface area contributed by atoms with Crippen LogP contribution in [0.25, 0.3) is 16.9 Å². The molecule has 3 N–H and O–H groups in total. The van der Waals surface area contributed by atoms with Crippen LogP contribution in [0.3, 0.4) is 0 Å². The molecular weight excluding hydrogens is 316 g/mol. The third kappa shape index (κ3) is 2.79. The van der Waals surface area contributed by atoms with Crippen LogP contribution < -0.4 is 5.32 Å². The van der Waals surface area contributed by atoms with Crippen molar-refractivity contribution >= 4 is 17.2 Å². The van der Waals surface area contributed by atoms with Crippen molar-refractivity contribution in [3.05, 3.63) is 72.7 Å². The van der Waals surface area contributed by atoms with Crippen LogP contribution in [0.5, 0.6) is 5.75 Å². The van der Waals surface area contributed by atoms with Crippen molar-refractivity contribution < 1.29 is 10.2 Å². The Morgan fingerprint density at radius 3 is 2.60 bits per heavy atom. The van der Waals surface area contributed by atoms with Crippen molar-refractivity contribution in [1.29, 1.82) is 0 Å². The van der Waals surface area contributed by atoms with Gasteiger partial charge in [-0.25, -0.2) is 9.97 Å². The lowest BCUT2D eigenvalue weighted by Crippen LogP contribution is -1.99. The van der Waals surface area contributed by atoms with E-state index in [0.29, 0.717) is 11.5 Å². The van der Waals surface area contributed by atoms with Gasteiger partial charge in [0.2, 0.25) is 0 Å². The van der Waals surface area contributed by atoms with Crippen molar-refractivity contribution in [3.8, 4) is 17.0 Å². The summed E-state index contributed by atoms with van der Waals surface area (Å²) in [5.74, 6) is 0.821. The zero-order chi connectivity index (χ0) is 17.2. The highest BCUT2D eigenvalue weighted by Crippen LogP contribution is 2.27. The Balaban J connectivity index is 1.79. The molecule has 6 heteroatoms. The Morgan fingerprint density at radius 2 is 1.80 bits per heavy atom. The molecule has 0 aliphatic carbocycles. The number of aromatic nitrogens is 3. The predicted molar refractivity (Wildman–Crippen MR) is 95.7 cm³/mol. The summed E-state index contributed by atoms with van der Waals surface area (Å²) in [4.78, 5) is 8.86. The largest absolute Gasteiger partial charge is 0.508 e. The summed E-state index contributed by atoms with van der Waals surface area (Å²) in [7, 11) is 0. The van der Waals surface area contributed by atoms with Gasteiger partial charge in [-0.15, -0.1) is 0 Å². The molecule has 0 atom stereocenters. The zero-order valence-electron chi connectivity index (χ0n) is 13.3. The smallest absolute Gasteiger partial charge is 0.180 e. The first-order valence-corrected chi connectivity index (χ1v) is 7.83. The van der Waals surface area contributed by atoms with Gasteiger partial charge in [0.05, 0.1) is 18.5 Å². The van der Waals surface area contributed by atoms with Crippen LogP contribution >= 0.6 is 0 Å². The maximum Gasteiger partial charge on any atom is 0.180 e. The third-order valence-corrected chi connectivity index (χ3v) is 4.02. The number of benzene rings is 2. The average molecular weight is 332 g/mol. The van der Waals surface area contributed by atoms with E-state index in [9.17, 15) is 10.2 Å². The van der Waals surface area contributed by atoms with E-state index < -0.39 is 0 Å². The van der Waals surface area contributed by atoms with Crippen molar-refractivity contribution in [2.24, 2.45) is 0 Å². The molecule has 2 aromatic carbocycles. The standard InChI is InChI=1S/C19H16N4O2/c24-12-13-3-1-2-4-16(13)17-11-21-19-18(20-9-10-23(17)19)22-14-5-7-15(25)8-6-14/h1-11,24-25H,12H2,(H,20,22). The Labute approximate surface area is 144 Å². The first-order valence-electron chi connectivity index (χ1n) is 7.83. The van der Waals surface area contributed by atoms with Gasteiger partial charge in [0.15, 0.2) is 11.5 Å². The number of anilines is 2. The highest BCUT2D eigenvalue weighted by molar-refractivity contribution is 5.75. The summed E-state index contributed by atoms with van der Waals surface area (Å²) in [5, 5.41) is 22.2. The lowest BCUT2D eigenvalue weighted by atomic mass is 10.1. The molecule has 2 aromatic heterocycles. The molecule has 0 saturated heterocycles. The maximum atomic E-state index is 9.59. The number of phenolic OH excluding ortho intramolecular Hbond substituents is 1. The average Bonchev–Trinajstić information content (AvgIpc) is 3.08. The molecule has 0 bridgehead atoms. The van der Waals surface area contributed by atoms with E-state index >= 15 is 0 Å². The summed E-state index contributed by atoms with van der Waals surface area (Å²) in [6, 6.07) is 14.4. The third-order valence-electron chi connectivity index (χ3n) is 4.02. The van der Waals surface area contributed by atoms with Gasteiger partial charge in [0, 0.05) is 23.6 Å². The van der Waals surface area contributed by atoms with Gasteiger partial charge in [-0.3, -0.25) is 4.40 Å². The van der Waals surface area contributed by atoms with E-state index in [0.717, 1.165) is 22.5 Å². The van der Waals surface area contributed by atoms with Gasteiger partial charge in [0.1, 0.15) is 5.75 Å². The van der Waals surface area contributed by atoms with Crippen LogP contribution in [0.1, 0.15) is 5.56 Å². The van der Waals surface area contributed by atoms with Gasteiger partial charge < -0.3 is 15.5 Å². The first-order chi connectivity index (χ1) is 12.3. The van der Waals surface area contributed by atoms with Crippen molar-refractivity contribution in [3.63, 3.8) is 0 Å². The molecule has 124 valence electrons. The Bertz CT molecular complexity index is 1030. The molecule has 0 amide bonds. The van der Waals surface area contributed by atoms with E-state index in [1.165, 1.54) is 0 Å². The highest BCUT2D eigenvalue weighted by Gasteiger charge is 2.12. The van der Waals surface area contributed by atoms with E-state index in [2.05, 4.69) is 15.3 Å². The molecule has 4 rings (SSSR count). The molecule has 0 aliphatic rings. The summed E-state index contributed by atoms with van der Waals surface area (Å²) in [6.07, 6.45) is 5.31. The van der Waals surface area contributed by atoms with E-state index in [1.54, 1.807) is 36.7 Å². The maximum absolute atomic E-state index is 9.59. The Hall–Kier alpha value is -3.38.